The molecule has 2 amide bonds. The van der Waals surface area contributed by atoms with Crippen LogP contribution in [-0.4, -0.2) is 66.1 Å². The predicted molar refractivity (Wildman–Crippen MR) is 115 cm³/mol. The maximum Gasteiger partial charge on any atom is 0.267 e. The number of ether oxygens (including phenoxy) is 2. The molecule has 0 aliphatic carbocycles. The van der Waals surface area contributed by atoms with E-state index in [0.717, 1.165) is 31.6 Å². The highest BCUT2D eigenvalue weighted by atomic mass is 16.5. The fourth-order valence-electron chi connectivity index (χ4n) is 4.08. The van der Waals surface area contributed by atoms with Crippen molar-refractivity contribution in [3.63, 3.8) is 0 Å². The van der Waals surface area contributed by atoms with E-state index in [1.54, 1.807) is 4.90 Å². The summed E-state index contributed by atoms with van der Waals surface area (Å²) >= 11 is 0. The standard InChI is InChI=1S/C22H27N5O4/c1-2-30-13-18(28)26-9-7-16(8-10-26)15-3-5-17(6-4-15)27-11-12-31-21-19(22(27)29)20(23)24-14-25-21/h3-6,14,16H,2,7-13H2,1H3,(H2,23,24,25). The third kappa shape index (κ3) is 4.46. The van der Waals surface area contributed by atoms with Crippen molar-refractivity contribution < 1.29 is 19.1 Å². The second-order valence-electron chi connectivity index (χ2n) is 7.63. The molecule has 3 heterocycles. The second kappa shape index (κ2) is 9.30. The molecular weight excluding hydrogens is 398 g/mol. The normalized spacial score (nSPS) is 17.1. The number of piperidine rings is 1. The molecule has 2 N–H and O–H groups in total. The number of nitrogens with zero attached hydrogens (tertiary/aromatic N) is 4. The van der Waals surface area contributed by atoms with Crippen molar-refractivity contribution in [3.8, 4) is 5.88 Å². The number of nitrogens with two attached hydrogens (primary N) is 1. The van der Waals surface area contributed by atoms with E-state index in [1.165, 1.54) is 11.9 Å². The minimum atomic E-state index is -0.264. The van der Waals surface area contributed by atoms with Crippen LogP contribution in [0.2, 0.25) is 0 Å². The Labute approximate surface area is 181 Å². The molecule has 0 unspecified atom stereocenters. The first-order valence-electron chi connectivity index (χ1n) is 10.6. The highest BCUT2D eigenvalue weighted by Gasteiger charge is 2.29. The second-order valence-corrected chi connectivity index (χ2v) is 7.63. The van der Waals surface area contributed by atoms with Crippen LogP contribution in [0.1, 0.15) is 41.6 Å². The van der Waals surface area contributed by atoms with E-state index in [0.29, 0.717) is 25.7 Å². The van der Waals surface area contributed by atoms with Crippen LogP contribution in [0.4, 0.5) is 11.5 Å². The van der Waals surface area contributed by atoms with Crippen molar-refractivity contribution in [1.82, 2.24) is 14.9 Å². The quantitative estimate of drug-likeness (QED) is 0.778. The van der Waals surface area contributed by atoms with Crippen LogP contribution >= 0.6 is 0 Å². The van der Waals surface area contributed by atoms with Crippen molar-refractivity contribution in [2.24, 2.45) is 0 Å². The smallest absolute Gasteiger partial charge is 0.267 e. The summed E-state index contributed by atoms with van der Waals surface area (Å²) in [6.07, 6.45) is 3.12. The van der Waals surface area contributed by atoms with Gasteiger partial charge in [0, 0.05) is 25.4 Å². The van der Waals surface area contributed by atoms with E-state index in [4.69, 9.17) is 15.2 Å². The first kappa shape index (κ1) is 21.0. The third-order valence-corrected chi connectivity index (χ3v) is 5.81. The number of rotatable bonds is 5. The fourth-order valence-corrected chi connectivity index (χ4v) is 4.08. The highest BCUT2D eigenvalue weighted by molar-refractivity contribution is 6.10. The maximum atomic E-state index is 13.1. The zero-order valence-corrected chi connectivity index (χ0v) is 17.6. The van der Waals surface area contributed by atoms with Crippen molar-refractivity contribution in [3.05, 3.63) is 41.7 Å². The Morgan fingerprint density at radius 3 is 2.65 bits per heavy atom. The number of hydrogen-bond donors (Lipinski definition) is 1. The van der Waals surface area contributed by atoms with E-state index in [1.807, 2.05) is 24.0 Å². The van der Waals surface area contributed by atoms with Gasteiger partial charge < -0.3 is 25.0 Å². The number of likely N-dealkylation sites (tertiary alicyclic amines) is 1. The molecule has 9 nitrogen and oxygen atoms in total. The van der Waals surface area contributed by atoms with Crippen molar-refractivity contribution in [1.29, 1.82) is 0 Å². The van der Waals surface area contributed by atoms with Gasteiger partial charge in [-0.25, -0.2) is 9.97 Å². The van der Waals surface area contributed by atoms with Gasteiger partial charge in [-0.2, -0.15) is 0 Å². The van der Waals surface area contributed by atoms with Crippen LogP contribution in [0.25, 0.3) is 0 Å². The van der Waals surface area contributed by atoms with Gasteiger partial charge in [-0.1, -0.05) is 12.1 Å². The number of nitrogen functional groups attached to an aromatic ring is 1. The Kier molecular flexibility index (Phi) is 6.31. The van der Waals surface area contributed by atoms with Crippen molar-refractivity contribution in [2.45, 2.75) is 25.7 Å². The topological polar surface area (TPSA) is 111 Å². The van der Waals surface area contributed by atoms with Crippen LogP contribution < -0.4 is 15.4 Å². The lowest BCUT2D eigenvalue weighted by atomic mass is 9.89. The summed E-state index contributed by atoms with van der Waals surface area (Å²) in [6.45, 7) is 4.77. The summed E-state index contributed by atoms with van der Waals surface area (Å²) in [5.74, 6) is 0.519. The van der Waals surface area contributed by atoms with Gasteiger partial charge in [0.2, 0.25) is 11.8 Å². The Morgan fingerprint density at radius 2 is 1.94 bits per heavy atom. The summed E-state index contributed by atoms with van der Waals surface area (Å²) < 4.78 is 10.8. The Morgan fingerprint density at radius 1 is 1.19 bits per heavy atom. The molecular formula is C22H27N5O4. The Bertz CT molecular complexity index is 941. The summed E-state index contributed by atoms with van der Waals surface area (Å²) in [5.41, 5.74) is 8.10. The maximum absolute atomic E-state index is 13.1. The van der Waals surface area contributed by atoms with Gasteiger partial charge in [-0.15, -0.1) is 0 Å². The number of carbonyl (C=O) groups excluding carboxylic acids is 2. The Hall–Kier alpha value is -3.20. The molecule has 0 bridgehead atoms. The summed E-state index contributed by atoms with van der Waals surface area (Å²) in [4.78, 5) is 36.7. The van der Waals surface area contributed by atoms with Crippen LogP contribution in [0.5, 0.6) is 5.88 Å². The van der Waals surface area contributed by atoms with E-state index in [-0.39, 0.29) is 35.7 Å². The lowest BCUT2D eigenvalue weighted by molar-refractivity contribution is -0.137. The summed E-state index contributed by atoms with van der Waals surface area (Å²) in [7, 11) is 0. The minimum Gasteiger partial charge on any atom is -0.475 e. The number of amides is 2. The van der Waals surface area contributed by atoms with E-state index < -0.39 is 0 Å². The first-order valence-corrected chi connectivity index (χ1v) is 10.6. The highest BCUT2D eigenvalue weighted by Crippen LogP contribution is 2.31. The molecule has 2 aromatic rings. The molecule has 0 spiro atoms. The number of benzene rings is 1. The molecule has 1 aromatic heterocycles. The molecule has 1 fully saturated rings. The van der Waals surface area contributed by atoms with Gasteiger partial charge in [0.25, 0.3) is 5.91 Å². The van der Waals surface area contributed by atoms with Gasteiger partial charge >= 0.3 is 0 Å². The summed E-state index contributed by atoms with van der Waals surface area (Å²) in [6, 6.07) is 8.01. The van der Waals surface area contributed by atoms with Gasteiger partial charge in [-0.05, 0) is 43.4 Å². The molecule has 0 radical (unpaired) electrons. The molecule has 2 aliphatic heterocycles. The van der Waals surface area contributed by atoms with Crippen molar-refractivity contribution >= 4 is 23.3 Å². The van der Waals surface area contributed by atoms with E-state index >= 15 is 0 Å². The lowest BCUT2D eigenvalue weighted by Gasteiger charge is -2.32. The van der Waals surface area contributed by atoms with Gasteiger partial charge in [0.1, 0.15) is 30.9 Å². The van der Waals surface area contributed by atoms with Crippen LogP contribution in [0.15, 0.2) is 30.6 Å². The lowest BCUT2D eigenvalue weighted by Crippen LogP contribution is -2.40. The number of aromatic nitrogens is 2. The van der Waals surface area contributed by atoms with Gasteiger partial charge in [-0.3, -0.25) is 9.59 Å². The average Bonchev–Trinajstić information content (AvgIpc) is 2.97. The number of carbonyl (C=O) groups is 2. The monoisotopic (exact) mass is 425 g/mol. The Balaban J connectivity index is 1.43. The average molecular weight is 425 g/mol. The summed E-state index contributed by atoms with van der Waals surface area (Å²) in [5, 5.41) is 0. The molecule has 1 aromatic carbocycles. The first-order chi connectivity index (χ1) is 15.1. The van der Waals surface area contributed by atoms with Gasteiger partial charge in [0.05, 0.1) is 6.54 Å². The number of hydrogen-bond acceptors (Lipinski definition) is 7. The predicted octanol–water partition coefficient (Wildman–Crippen LogP) is 1.84. The van der Waals surface area contributed by atoms with Crippen LogP contribution in [0, 0.1) is 0 Å². The number of anilines is 2. The minimum absolute atomic E-state index is 0.0566. The number of fused-ring (bicyclic) bond motifs is 1. The van der Waals surface area contributed by atoms with Gasteiger partial charge in [0.15, 0.2) is 0 Å². The van der Waals surface area contributed by atoms with Crippen LogP contribution in [0.3, 0.4) is 0 Å². The third-order valence-electron chi connectivity index (χ3n) is 5.81. The molecule has 2 aliphatic rings. The van der Waals surface area contributed by atoms with Crippen molar-refractivity contribution in [2.75, 3.05) is 50.1 Å². The molecule has 9 heteroatoms. The molecule has 0 atom stereocenters. The zero-order valence-electron chi connectivity index (χ0n) is 17.6. The largest absolute Gasteiger partial charge is 0.475 e. The van der Waals surface area contributed by atoms with Crippen LogP contribution in [-0.2, 0) is 9.53 Å². The molecule has 4 rings (SSSR count). The molecule has 1 saturated heterocycles. The van der Waals surface area contributed by atoms with E-state index in [2.05, 4.69) is 22.1 Å². The molecule has 164 valence electrons. The zero-order chi connectivity index (χ0) is 21.8. The van der Waals surface area contributed by atoms with E-state index in [9.17, 15) is 9.59 Å². The SMILES string of the molecule is CCOCC(=O)N1CCC(c2ccc(N3CCOc4ncnc(N)c4C3=O)cc2)CC1. The molecule has 0 saturated carbocycles. The fraction of sp³-hybridized carbons (Fsp3) is 0.455. The molecule has 31 heavy (non-hydrogen) atoms.